The normalized spacial score (nSPS) is 12.3. The van der Waals surface area contributed by atoms with Crippen LogP contribution in [-0.2, 0) is 0 Å². The number of halogens is 1. The van der Waals surface area contributed by atoms with Crippen LogP contribution in [0.15, 0.2) is 32.8 Å². The number of thioether (sulfide) groups is 1. The van der Waals surface area contributed by atoms with E-state index in [-0.39, 0.29) is 0 Å². The van der Waals surface area contributed by atoms with Crippen molar-refractivity contribution in [1.82, 2.24) is 15.2 Å². The van der Waals surface area contributed by atoms with E-state index in [0.717, 1.165) is 21.5 Å². The molecule has 0 saturated heterocycles. The number of nitrogens with zero attached hydrogens (tertiary/aromatic N) is 4. The lowest BCUT2D eigenvalue weighted by Gasteiger charge is -2.06. The third kappa shape index (κ3) is 2.48. The molecule has 0 fully saturated rings. The molecule has 0 aliphatic carbocycles. The molecule has 0 spiro atoms. The molecule has 1 aromatic carbocycles. The Kier molecular flexibility index (Phi) is 3.48. The van der Waals surface area contributed by atoms with Crippen LogP contribution in [0.25, 0.3) is 11.3 Å². The molecule has 0 saturated carbocycles. The Morgan fingerprint density at radius 1 is 1.32 bits per heavy atom. The summed E-state index contributed by atoms with van der Waals surface area (Å²) >= 11 is 4.96. The molecule has 1 aliphatic heterocycles. The van der Waals surface area contributed by atoms with Crippen molar-refractivity contribution in [3.63, 3.8) is 0 Å². The molecule has 96 valence electrons. The van der Waals surface area contributed by atoms with Gasteiger partial charge >= 0.3 is 0 Å². The van der Waals surface area contributed by atoms with Crippen LogP contribution in [0.5, 0.6) is 5.88 Å². The standard InChI is InChI=1S/C12H9BrN4OS/c1-2-19-12-15-11-10(16-17-12)8-5-7(13)3-4-9(8)14-6-18-11/h3-6H,2H2,1H3. The second kappa shape index (κ2) is 5.26. The van der Waals surface area contributed by atoms with E-state index in [1.165, 1.54) is 18.2 Å². The first kappa shape index (κ1) is 12.6. The smallest absolute Gasteiger partial charge is 0.251 e. The fraction of sp³-hybridized carbons (Fsp3) is 0.167. The number of benzene rings is 1. The summed E-state index contributed by atoms with van der Waals surface area (Å²) < 4.78 is 6.37. The van der Waals surface area contributed by atoms with Crippen LogP contribution in [-0.4, -0.2) is 27.3 Å². The molecule has 5 nitrogen and oxygen atoms in total. The summed E-state index contributed by atoms with van der Waals surface area (Å²) in [4.78, 5) is 8.59. The summed E-state index contributed by atoms with van der Waals surface area (Å²) in [5, 5.41) is 8.93. The quantitative estimate of drug-likeness (QED) is 0.786. The fourth-order valence-electron chi connectivity index (χ4n) is 1.68. The van der Waals surface area contributed by atoms with Gasteiger partial charge in [-0.05, 0) is 24.0 Å². The molecule has 2 aromatic rings. The largest absolute Gasteiger partial charge is 0.425 e. The minimum Gasteiger partial charge on any atom is -0.425 e. The molecule has 0 amide bonds. The number of hydrogen-bond donors (Lipinski definition) is 0. The summed E-state index contributed by atoms with van der Waals surface area (Å²) in [6.45, 7) is 2.04. The minimum absolute atomic E-state index is 0.437. The highest BCUT2D eigenvalue weighted by Gasteiger charge is 2.18. The van der Waals surface area contributed by atoms with Gasteiger partial charge in [0.2, 0.25) is 5.16 Å². The lowest BCUT2D eigenvalue weighted by Crippen LogP contribution is -2.00. The molecule has 0 atom stereocenters. The van der Waals surface area contributed by atoms with Crippen molar-refractivity contribution in [2.45, 2.75) is 12.1 Å². The highest BCUT2D eigenvalue weighted by Crippen LogP contribution is 2.37. The fourth-order valence-corrected chi connectivity index (χ4v) is 2.55. The Hall–Kier alpha value is -1.47. The first-order valence-corrected chi connectivity index (χ1v) is 7.42. The van der Waals surface area contributed by atoms with Crippen molar-refractivity contribution < 1.29 is 4.74 Å². The van der Waals surface area contributed by atoms with Crippen LogP contribution in [0, 0.1) is 0 Å². The van der Waals surface area contributed by atoms with E-state index < -0.39 is 0 Å². The molecule has 1 aliphatic rings. The summed E-state index contributed by atoms with van der Waals surface area (Å²) in [6.07, 6.45) is 1.38. The van der Waals surface area contributed by atoms with Crippen molar-refractivity contribution in [1.29, 1.82) is 0 Å². The van der Waals surface area contributed by atoms with E-state index >= 15 is 0 Å². The van der Waals surface area contributed by atoms with Crippen molar-refractivity contribution in [3.05, 3.63) is 22.7 Å². The predicted octanol–water partition coefficient (Wildman–Crippen LogP) is 3.47. The van der Waals surface area contributed by atoms with Gasteiger partial charge in [0.15, 0.2) is 12.1 Å². The van der Waals surface area contributed by atoms with Crippen molar-refractivity contribution >= 4 is 39.8 Å². The van der Waals surface area contributed by atoms with E-state index in [0.29, 0.717) is 16.7 Å². The first-order valence-electron chi connectivity index (χ1n) is 5.64. The monoisotopic (exact) mass is 336 g/mol. The number of hydrogen-bond acceptors (Lipinski definition) is 6. The second-order valence-corrected chi connectivity index (χ2v) is 5.84. The molecule has 0 radical (unpaired) electrons. The van der Waals surface area contributed by atoms with E-state index in [1.807, 2.05) is 25.1 Å². The molecule has 3 rings (SSSR count). The summed E-state index contributed by atoms with van der Waals surface area (Å²) in [6, 6.07) is 5.75. The number of aliphatic imine (C=N–C) groups is 1. The van der Waals surface area contributed by atoms with E-state index in [1.54, 1.807) is 0 Å². The Morgan fingerprint density at radius 2 is 2.21 bits per heavy atom. The van der Waals surface area contributed by atoms with Gasteiger partial charge in [0.05, 0.1) is 5.69 Å². The molecular formula is C12H9BrN4OS. The SMILES string of the molecule is CCSc1nnc2c(n1)OC=Nc1ccc(Br)cc1-2. The molecule has 0 N–H and O–H groups in total. The van der Waals surface area contributed by atoms with Crippen LogP contribution in [0.4, 0.5) is 5.69 Å². The van der Waals surface area contributed by atoms with E-state index in [2.05, 4.69) is 36.1 Å². The third-order valence-corrected chi connectivity index (χ3v) is 3.69. The maximum atomic E-state index is 5.42. The average Bonchev–Trinajstić information content (AvgIpc) is 2.58. The Balaban J connectivity index is 2.16. The third-order valence-electron chi connectivity index (χ3n) is 2.48. The maximum Gasteiger partial charge on any atom is 0.251 e. The molecule has 2 heterocycles. The second-order valence-electron chi connectivity index (χ2n) is 3.69. The van der Waals surface area contributed by atoms with Crippen LogP contribution < -0.4 is 4.74 Å². The van der Waals surface area contributed by atoms with E-state index in [4.69, 9.17) is 4.74 Å². The maximum absolute atomic E-state index is 5.42. The average molecular weight is 337 g/mol. The van der Waals surface area contributed by atoms with Crippen LogP contribution in [0.1, 0.15) is 6.92 Å². The molecule has 19 heavy (non-hydrogen) atoms. The predicted molar refractivity (Wildman–Crippen MR) is 78.1 cm³/mol. The summed E-state index contributed by atoms with van der Waals surface area (Å²) in [5.74, 6) is 1.32. The van der Waals surface area contributed by atoms with E-state index in [9.17, 15) is 0 Å². The van der Waals surface area contributed by atoms with Crippen LogP contribution in [0.3, 0.4) is 0 Å². The number of aromatic nitrogens is 3. The van der Waals surface area contributed by atoms with Crippen LogP contribution >= 0.6 is 27.7 Å². The molecule has 1 aromatic heterocycles. The van der Waals surface area contributed by atoms with Crippen LogP contribution in [0.2, 0.25) is 0 Å². The number of fused-ring (bicyclic) bond motifs is 3. The first-order chi connectivity index (χ1) is 9.28. The van der Waals surface area contributed by atoms with Crippen molar-refractivity contribution in [2.75, 3.05) is 5.75 Å². The van der Waals surface area contributed by atoms with Gasteiger partial charge in [-0.2, -0.15) is 4.98 Å². The molecule has 7 heteroatoms. The highest BCUT2D eigenvalue weighted by molar-refractivity contribution is 9.10. The molecular weight excluding hydrogens is 328 g/mol. The van der Waals surface area contributed by atoms with Gasteiger partial charge in [0.1, 0.15) is 0 Å². The summed E-state index contributed by atoms with van der Waals surface area (Å²) in [7, 11) is 0. The topological polar surface area (TPSA) is 60.3 Å². The van der Waals surface area contributed by atoms with Gasteiger partial charge < -0.3 is 4.74 Å². The highest BCUT2D eigenvalue weighted by atomic mass is 79.9. The van der Waals surface area contributed by atoms with Gasteiger partial charge in [-0.3, -0.25) is 0 Å². The minimum atomic E-state index is 0.437. The Labute approximate surface area is 122 Å². The zero-order chi connectivity index (χ0) is 13.2. The van der Waals surface area contributed by atoms with Gasteiger partial charge in [0, 0.05) is 10.0 Å². The van der Waals surface area contributed by atoms with Gasteiger partial charge in [-0.1, -0.05) is 34.6 Å². The zero-order valence-electron chi connectivity index (χ0n) is 10.00. The number of rotatable bonds is 2. The summed E-state index contributed by atoms with van der Waals surface area (Å²) in [5.41, 5.74) is 2.24. The Bertz CT molecular complexity index is 662. The molecule has 0 unspecified atom stereocenters. The van der Waals surface area contributed by atoms with Crippen molar-refractivity contribution in [3.8, 4) is 17.1 Å². The Morgan fingerprint density at radius 3 is 3.05 bits per heavy atom. The zero-order valence-corrected chi connectivity index (χ0v) is 12.4. The number of ether oxygens (including phenoxy) is 1. The van der Waals surface area contributed by atoms with Gasteiger partial charge in [-0.25, -0.2) is 4.99 Å². The lowest BCUT2D eigenvalue weighted by atomic mass is 10.1. The van der Waals surface area contributed by atoms with Gasteiger partial charge in [-0.15, -0.1) is 10.2 Å². The van der Waals surface area contributed by atoms with Crippen molar-refractivity contribution in [2.24, 2.45) is 4.99 Å². The lowest BCUT2D eigenvalue weighted by molar-refractivity contribution is 0.533. The molecule has 0 bridgehead atoms. The van der Waals surface area contributed by atoms with Gasteiger partial charge in [0.25, 0.3) is 5.88 Å².